The number of aliphatic hydroxyl groups excluding tert-OH is 1. The van der Waals surface area contributed by atoms with Gasteiger partial charge in [-0.15, -0.1) is 0 Å². The van der Waals surface area contributed by atoms with Gasteiger partial charge < -0.3 is 15.2 Å². The molecule has 0 aromatic heterocycles. The largest absolute Gasteiger partial charge is 0.494 e. The van der Waals surface area contributed by atoms with Crippen LogP contribution in [0, 0.1) is 5.41 Å². The van der Waals surface area contributed by atoms with E-state index in [0.717, 1.165) is 18.6 Å². The average Bonchev–Trinajstić information content (AvgIpc) is 2.81. The summed E-state index contributed by atoms with van der Waals surface area (Å²) in [6.45, 7) is 7.31. The molecular formula is C17H27NO2. The number of benzene rings is 1. The van der Waals surface area contributed by atoms with E-state index in [9.17, 15) is 5.11 Å². The molecule has 0 radical (unpaired) electrons. The van der Waals surface area contributed by atoms with Gasteiger partial charge in [-0.1, -0.05) is 25.5 Å². The monoisotopic (exact) mass is 277 g/mol. The normalized spacial score (nSPS) is 27.5. The maximum absolute atomic E-state index is 9.63. The molecule has 3 unspecified atom stereocenters. The zero-order chi connectivity index (χ0) is 14.6. The van der Waals surface area contributed by atoms with Crippen molar-refractivity contribution in [3.63, 3.8) is 0 Å². The molecule has 1 fully saturated rings. The number of nitrogens with one attached hydrogen (secondary N) is 1. The third-order valence-electron chi connectivity index (χ3n) is 4.56. The Kier molecular flexibility index (Phi) is 5.06. The first-order valence-electron chi connectivity index (χ1n) is 7.68. The second-order valence-corrected chi connectivity index (χ2v) is 6.15. The molecule has 0 amide bonds. The molecule has 1 aliphatic carbocycles. The van der Waals surface area contributed by atoms with E-state index < -0.39 is 0 Å². The van der Waals surface area contributed by atoms with Crippen LogP contribution in [0.25, 0.3) is 0 Å². The summed E-state index contributed by atoms with van der Waals surface area (Å²) in [5.41, 5.74) is 1.26. The third-order valence-corrected chi connectivity index (χ3v) is 4.56. The van der Waals surface area contributed by atoms with Crippen LogP contribution < -0.4 is 10.1 Å². The Hall–Kier alpha value is -1.06. The molecule has 0 aliphatic heterocycles. The smallest absolute Gasteiger partial charge is 0.119 e. The van der Waals surface area contributed by atoms with Gasteiger partial charge in [-0.2, -0.15) is 0 Å². The summed E-state index contributed by atoms with van der Waals surface area (Å²) in [4.78, 5) is 0. The Labute approximate surface area is 122 Å². The number of aliphatic hydroxyl groups is 1. The van der Waals surface area contributed by atoms with Crippen molar-refractivity contribution >= 4 is 0 Å². The first-order valence-corrected chi connectivity index (χ1v) is 7.68. The predicted octanol–water partition coefficient (Wildman–Crippen LogP) is 3.29. The molecule has 0 spiro atoms. The molecule has 0 heterocycles. The molecule has 3 nitrogen and oxygen atoms in total. The van der Waals surface area contributed by atoms with Crippen LogP contribution in [-0.4, -0.2) is 24.4 Å². The minimum atomic E-state index is 0.0196. The average molecular weight is 277 g/mol. The van der Waals surface area contributed by atoms with Crippen molar-refractivity contribution in [1.29, 1.82) is 0 Å². The Morgan fingerprint density at radius 2 is 2.30 bits per heavy atom. The van der Waals surface area contributed by atoms with Crippen LogP contribution in [0.1, 0.15) is 51.6 Å². The fourth-order valence-corrected chi connectivity index (χ4v) is 3.14. The highest BCUT2D eigenvalue weighted by molar-refractivity contribution is 5.30. The van der Waals surface area contributed by atoms with E-state index in [1.807, 2.05) is 19.1 Å². The molecule has 0 saturated heterocycles. The number of ether oxygens (including phenoxy) is 1. The maximum atomic E-state index is 9.63. The van der Waals surface area contributed by atoms with E-state index in [0.29, 0.717) is 12.6 Å². The van der Waals surface area contributed by atoms with Crippen LogP contribution in [0.15, 0.2) is 24.3 Å². The molecule has 1 aliphatic rings. The Bertz CT molecular complexity index is 435. The van der Waals surface area contributed by atoms with Crippen LogP contribution in [0.4, 0.5) is 0 Å². The van der Waals surface area contributed by atoms with Gasteiger partial charge in [-0.25, -0.2) is 0 Å². The van der Waals surface area contributed by atoms with Crippen molar-refractivity contribution in [2.45, 2.75) is 52.1 Å². The van der Waals surface area contributed by atoms with E-state index >= 15 is 0 Å². The standard InChI is InChI=1S/C17H27NO2/c1-4-20-15-8-5-7-14(11-15)13(2)18-16-9-6-10-17(16,3)12-19/h5,7-8,11,13,16,18-19H,4,6,9-10,12H2,1-3H3. The van der Waals surface area contributed by atoms with Gasteiger partial charge >= 0.3 is 0 Å². The molecule has 3 atom stereocenters. The van der Waals surface area contributed by atoms with Crippen LogP contribution in [0.2, 0.25) is 0 Å². The fourth-order valence-electron chi connectivity index (χ4n) is 3.14. The van der Waals surface area contributed by atoms with Crippen molar-refractivity contribution in [2.75, 3.05) is 13.2 Å². The van der Waals surface area contributed by atoms with Crippen molar-refractivity contribution in [1.82, 2.24) is 5.32 Å². The summed E-state index contributed by atoms with van der Waals surface area (Å²) >= 11 is 0. The van der Waals surface area contributed by atoms with Gasteiger partial charge in [0.2, 0.25) is 0 Å². The zero-order valence-electron chi connectivity index (χ0n) is 12.9. The quantitative estimate of drug-likeness (QED) is 0.838. The molecule has 1 aromatic carbocycles. The fraction of sp³-hybridized carbons (Fsp3) is 0.647. The van der Waals surface area contributed by atoms with Crippen molar-refractivity contribution in [3.8, 4) is 5.75 Å². The lowest BCUT2D eigenvalue weighted by Crippen LogP contribution is -2.42. The Morgan fingerprint density at radius 3 is 3.00 bits per heavy atom. The first-order chi connectivity index (χ1) is 9.59. The van der Waals surface area contributed by atoms with E-state index in [1.54, 1.807) is 0 Å². The van der Waals surface area contributed by atoms with Crippen LogP contribution in [-0.2, 0) is 0 Å². The molecule has 2 N–H and O–H groups in total. The van der Waals surface area contributed by atoms with Gasteiger partial charge in [0, 0.05) is 24.1 Å². The zero-order valence-corrected chi connectivity index (χ0v) is 12.9. The lowest BCUT2D eigenvalue weighted by atomic mass is 9.85. The summed E-state index contributed by atoms with van der Waals surface area (Å²) in [5.74, 6) is 0.926. The highest BCUT2D eigenvalue weighted by Crippen LogP contribution is 2.38. The third kappa shape index (κ3) is 3.33. The molecule has 1 aromatic rings. The molecule has 2 rings (SSSR count). The number of rotatable bonds is 6. The van der Waals surface area contributed by atoms with Gasteiger partial charge in [-0.3, -0.25) is 0 Å². The van der Waals surface area contributed by atoms with Gasteiger partial charge in [0.15, 0.2) is 0 Å². The second kappa shape index (κ2) is 6.59. The lowest BCUT2D eigenvalue weighted by molar-refractivity contribution is 0.114. The predicted molar refractivity (Wildman–Crippen MR) is 82.0 cm³/mol. The van der Waals surface area contributed by atoms with E-state index in [-0.39, 0.29) is 18.1 Å². The molecule has 1 saturated carbocycles. The molecular weight excluding hydrogens is 250 g/mol. The van der Waals surface area contributed by atoms with E-state index in [1.165, 1.54) is 12.0 Å². The highest BCUT2D eigenvalue weighted by atomic mass is 16.5. The van der Waals surface area contributed by atoms with Crippen LogP contribution in [0.3, 0.4) is 0 Å². The van der Waals surface area contributed by atoms with Crippen LogP contribution >= 0.6 is 0 Å². The number of hydrogen-bond donors (Lipinski definition) is 2. The number of hydrogen-bond acceptors (Lipinski definition) is 3. The maximum Gasteiger partial charge on any atom is 0.119 e. The lowest BCUT2D eigenvalue weighted by Gasteiger charge is -2.32. The topological polar surface area (TPSA) is 41.5 Å². The van der Waals surface area contributed by atoms with Crippen molar-refractivity contribution in [3.05, 3.63) is 29.8 Å². The minimum Gasteiger partial charge on any atom is -0.494 e. The molecule has 3 heteroatoms. The summed E-state index contributed by atoms with van der Waals surface area (Å²) in [6, 6.07) is 8.92. The first kappa shape index (κ1) is 15.3. The second-order valence-electron chi connectivity index (χ2n) is 6.15. The van der Waals surface area contributed by atoms with E-state index in [4.69, 9.17) is 4.74 Å². The Balaban J connectivity index is 2.04. The van der Waals surface area contributed by atoms with E-state index in [2.05, 4.69) is 31.3 Å². The van der Waals surface area contributed by atoms with Crippen molar-refractivity contribution < 1.29 is 9.84 Å². The minimum absolute atomic E-state index is 0.0196. The van der Waals surface area contributed by atoms with Gasteiger partial charge in [0.25, 0.3) is 0 Å². The summed E-state index contributed by atoms with van der Waals surface area (Å²) in [6.07, 6.45) is 3.44. The molecule has 0 bridgehead atoms. The van der Waals surface area contributed by atoms with Gasteiger partial charge in [0.1, 0.15) is 5.75 Å². The van der Waals surface area contributed by atoms with Gasteiger partial charge in [0.05, 0.1) is 6.61 Å². The molecule has 112 valence electrons. The van der Waals surface area contributed by atoms with Gasteiger partial charge in [-0.05, 0) is 44.4 Å². The highest BCUT2D eigenvalue weighted by Gasteiger charge is 2.38. The van der Waals surface area contributed by atoms with Crippen LogP contribution in [0.5, 0.6) is 5.75 Å². The summed E-state index contributed by atoms with van der Waals surface area (Å²) in [5, 5.41) is 13.3. The SMILES string of the molecule is CCOc1cccc(C(C)NC2CCCC2(C)CO)c1. The summed E-state index contributed by atoms with van der Waals surface area (Å²) in [7, 11) is 0. The molecule has 20 heavy (non-hydrogen) atoms. The van der Waals surface area contributed by atoms with Crippen molar-refractivity contribution in [2.24, 2.45) is 5.41 Å². The Morgan fingerprint density at radius 1 is 1.50 bits per heavy atom. The summed E-state index contributed by atoms with van der Waals surface area (Å²) < 4.78 is 5.56.